The molecule has 110 valence electrons. The summed E-state index contributed by atoms with van der Waals surface area (Å²) in [5, 5.41) is 11.5. The van der Waals surface area contributed by atoms with Crippen LogP contribution in [0.3, 0.4) is 0 Å². The highest BCUT2D eigenvalue weighted by Gasteiger charge is 2.26. The molecule has 2 atom stereocenters. The zero-order valence-corrected chi connectivity index (χ0v) is 12.6. The van der Waals surface area contributed by atoms with Crippen LogP contribution in [0.5, 0.6) is 0 Å². The number of benzene rings is 1. The van der Waals surface area contributed by atoms with Crippen LogP contribution in [0.25, 0.3) is 6.08 Å². The van der Waals surface area contributed by atoms with Crippen molar-refractivity contribution >= 4 is 27.7 Å². The Hall–Kier alpha value is -0.880. The Morgan fingerprint density at radius 3 is 2.50 bits per heavy atom. The molecule has 2 N–H and O–H groups in total. The van der Waals surface area contributed by atoms with E-state index in [0.717, 1.165) is 23.8 Å². The van der Waals surface area contributed by atoms with Gasteiger partial charge in [0.15, 0.2) is 0 Å². The molecule has 0 radical (unpaired) electrons. The van der Waals surface area contributed by atoms with Gasteiger partial charge in [0.25, 0.3) is 0 Å². The lowest BCUT2D eigenvalue weighted by Crippen LogP contribution is -2.44. The summed E-state index contributed by atoms with van der Waals surface area (Å²) in [7, 11) is -3.55. The minimum atomic E-state index is -3.55. The number of halogens is 1. The number of hydrogen-bond donors (Lipinski definition) is 2. The second kappa shape index (κ2) is 6.72. The average molecular weight is 316 g/mol. The lowest BCUT2D eigenvalue weighted by molar-refractivity contribution is 0.101. The van der Waals surface area contributed by atoms with E-state index in [2.05, 4.69) is 4.72 Å². The van der Waals surface area contributed by atoms with Crippen LogP contribution in [0.15, 0.2) is 29.7 Å². The summed E-state index contributed by atoms with van der Waals surface area (Å²) in [5.41, 5.74) is 0.754. The summed E-state index contributed by atoms with van der Waals surface area (Å²) in [4.78, 5) is 0. The monoisotopic (exact) mass is 315 g/mol. The molecule has 0 unspecified atom stereocenters. The minimum absolute atomic E-state index is 0.386. The molecule has 6 heteroatoms. The third-order valence-electron chi connectivity index (χ3n) is 3.35. The molecule has 0 saturated heterocycles. The Balaban J connectivity index is 2.01. The molecule has 1 saturated carbocycles. The first-order chi connectivity index (χ1) is 9.46. The molecular formula is C14H18ClNO3S. The van der Waals surface area contributed by atoms with E-state index in [1.54, 1.807) is 24.3 Å². The summed E-state index contributed by atoms with van der Waals surface area (Å²) in [6.45, 7) is 0. The van der Waals surface area contributed by atoms with Crippen LogP contribution in [0.1, 0.15) is 31.2 Å². The van der Waals surface area contributed by atoms with E-state index in [9.17, 15) is 13.5 Å². The second-order valence-corrected chi connectivity index (χ2v) is 7.01. The van der Waals surface area contributed by atoms with E-state index in [1.807, 2.05) is 0 Å². The van der Waals surface area contributed by atoms with Gasteiger partial charge in [-0.3, -0.25) is 0 Å². The average Bonchev–Trinajstić information content (AvgIpc) is 2.41. The molecule has 2 rings (SSSR count). The van der Waals surface area contributed by atoms with Gasteiger partial charge < -0.3 is 5.11 Å². The van der Waals surface area contributed by atoms with E-state index in [1.165, 1.54) is 6.08 Å². The van der Waals surface area contributed by atoms with Crippen molar-refractivity contribution in [3.8, 4) is 0 Å². The van der Waals surface area contributed by atoms with Crippen molar-refractivity contribution in [1.82, 2.24) is 4.72 Å². The normalized spacial score (nSPS) is 24.1. The Kier molecular flexibility index (Phi) is 5.21. The van der Waals surface area contributed by atoms with Crippen molar-refractivity contribution in [2.75, 3.05) is 0 Å². The zero-order valence-electron chi connectivity index (χ0n) is 11.0. The molecule has 0 aliphatic heterocycles. The van der Waals surface area contributed by atoms with Gasteiger partial charge in [0.2, 0.25) is 10.0 Å². The van der Waals surface area contributed by atoms with Gasteiger partial charge in [-0.25, -0.2) is 13.1 Å². The van der Waals surface area contributed by atoms with Gasteiger partial charge in [-0.2, -0.15) is 0 Å². The maximum Gasteiger partial charge on any atom is 0.234 e. The van der Waals surface area contributed by atoms with Crippen LogP contribution in [-0.2, 0) is 10.0 Å². The van der Waals surface area contributed by atoms with Crippen molar-refractivity contribution in [2.45, 2.75) is 37.8 Å². The lowest BCUT2D eigenvalue weighted by atomic mass is 9.93. The molecule has 1 aromatic rings. The molecule has 0 spiro atoms. The summed E-state index contributed by atoms with van der Waals surface area (Å²) >= 11 is 5.76. The summed E-state index contributed by atoms with van der Waals surface area (Å²) < 4.78 is 26.4. The fraction of sp³-hybridized carbons (Fsp3) is 0.429. The molecule has 1 aromatic carbocycles. The molecule has 20 heavy (non-hydrogen) atoms. The molecule has 0 aromatic heterocycles. The van der Waals surface area contributed by atoms with Gasteiger partial charge in [-0.05, 0) is 36.6 Å². The largest absolute Gasteiger partial charge is 0.391 e. The van der Waals surface area contributed by atoms with Gasteiger partial charge in [-0.15, -0.1) is 0 Å². The van der Waals surface area contributed by atoms with Gasteiger partial charge >= 0.3 is 0 Å². The minimum Gasteiger partial charge on any atom is -0.391 e. The molecule has 0 bridgehead atoms. The van der Waals surface area contributed by atoms with Crippen molar-refractivity contribution < 1.29 is 13.5 Å². The summed E-state index contributed by atoms with van der Waals surface area (Å²) in [5.74, 6) is 0. The van der Waals surface area contributed by atoms with Crippen LogP contribution in [0.4, 0.5) is 0 Å². The molecule has 0 amide bonds. The van der Waals surface area contributed by atoms with Crippen molar-refractivity contribution in [3.63, 3.8) is 0 Å². The Labute approximate surface area is 124 Å². The maximum atomic E-state index is 11.9. The number of hydrogen-bond acceptors (Lipinski definition) is 3. The number of nitrogens with one attached hydrogen (secondary N) is 1. The third kappa shape index (κ3) is 4.59. The molecule has 0 heterocycles. The van der Waals surface area contributed by atoms with E-state index < -0.39 is 16.1 Å². The van der Waals surface area contributed by atoms with Crippen molar-refractivity contribution in [1.29, 1.82) is 0 Å². The van der Waals surface area contributed by atoms with Crippen LogP contribution >= 0.6 is 11.6 Å². The SMILES string of the molecule is O=S(=O)(/C=C/c1ccc(Cl)cc1)N[C@H]1CCCC[C@@H]1O. The van der Waals surface area contributed by atoms with Crippen LogP contribution in [-0.4, -0.2) is 25.7 Å². The Morgan fingerprint density at radius 2 is 1.85 bits per heavy atom. The molecular weight excluding hydrogens is 298 g/mol. The quantitative estimate of drug-likeness (QED) is 0.897. The predicted molar refractivity (Wildman–Crippen MR) is 80.8 cm³/mol. The standard InChI is InChI=1S/C14H18ClNO3S/c15-12-7-5-11(6-8-12)9-10-20(18,19)16-13-3-1-2-4-14(13)17/h5-10,13-14,16-17H,1-4H2/b10-9+/t13-,14-/m0/s1. The van der Waals surface area contributed by atoms with Gasteiger partial charge in [0.1, 0.15) is 0 Å². The van der Waals surface area contributed by atoms with Crippen molar-refractivity contribution in [2.24, 2.45) is 0 Å². The topological polar surface area (TPSA) is 66.4 Å². The van der Waals surface area contributed by atoms with E-state index in [4.69, 9.17) is 11.6 Å². The van der Waals surface area contributed by atoms with Crippen LogP contribution < -0.4 is 4.72 Å². The number of aliphatic hydroxyl groups excluding tert-OH is 1. The van der Waals surface area contributed by atoms with Gasteiger partial charge in [0, 0.05) is 16.5 Å². The number of rotatable bonds is 4. The van der Waals surface area contributed by atoms with Crippen molar-refractivity contribution in [3.05, 3.63) is 40.3 Å². The fourth-order valence-corrected chi connectivity index (χ4v) is 3.48. The van der Waals surface area contributed by atoms with Crippen LogP contribution in [0.2, 0.25) is 5.02 Å². The Morgan fingerprint density at radius 1 is 1.20 bits per heavy atom. The molecule has 4 nitrogen and oxygen atoms in total. The highest BCUT2D eigenvalue weighted by atomic mass is 35.5. The number of aliphatic hydroxyl groups is 1. The maximum absolute atomic E-state index is 11.9. The molecule has 1 aliphatic carbocycles. The van der Waals surface area contributed by atoms with Crippen LogP contribution in [0, 0.1) is 0 Å². The highest BCUT2D eigenvalue weighted by molar-refractivity contribution is 7.92. The summed E-state index contributed by atoms with van der Waals surface area (Å²) in [6, 6.07) is 6.50. The third-order valence-corrected chi connectivity index (χ3v) is 4.73. The zero-order chi connectivity index (χ0) is 14.6. The Bertz CT molecular complexity index is 569. The summed E-state index contributed by atoms with van der Waals surface area (Å²) in [6.07, 6.45) is 4.12. The second-order valence-electron chi connectivity index (χ2n) is 4.98. The fourth-order valence-electron chi connectivity index (χ4n) is 2.24. The van der Waals surface area contributed by atoms with Gasteiger partial charge in [0.05, 0.1) is 6.10 Å². The van der Waals surface area contributed by atoms with Gasteiger partial charge in [-0.1, -0.05) is 36.6 Å². The number of sulfonamides is 1. The first-order valence-corrected chi connectivity index (χ1v) is 8.53. The highest BCUT2D eigenvalue weighted by Crippen LogP contribution is 2.19. The first-order valence-electron chi connectivity index (χ1n) is 6.60. The van der Waals surface area contributed by atoms with E-state index in [-0.39, 0.29) is 6.04 Å². The first kappa shape index (κ1) is 15.5. The smallest absolute Gasteiger partial charge is 0.234 e. The lowest BCUT2D eigenvalue weighted by Gasteiger charge is -2.27. The van der Waals surface area contributed by atoms with E-state index in [0.29, 0.717) is 17.9 Å². The van der Waals surface area contributed by atoms with E-state index >= 15 is 0 Å². The predicted octanol–water partition coefficient (Wildman–Crippen LogP) is 2.53. The molecule has 1 fully saturated rings. The molecule has 1 aliphatic rings.